The maximum absolute atomic E-state index is 17.2. The molecule has 1 saturated heterocycles. The van der Waals surface area contributed by atoms with Crippen molar-refractivity contribution in [3.8, 4) is 11.1 Å². The number of ether oxygens (including phenoxy) is 1. The first kappa shape index (κ1) is 30.4. The van der Waals surface area contributed by atoms with Crippen LogP contribution >= 0.6 is 0 Å². The highest BCUT2D eigenvalue weighted by Crippen LogP contribution is 2.43. The smallest absolute Gasteiger partial charge is 0.410 e. The van der Waals surface area contributed by atoms with Gasteiger partial charge in [0.25, 0.3) is 5.91 Å². The number of halogens is 1. The van der Waals surface area contributed by atoms with Crippen LogP contribution in [0.5, 0.6) is 0 Å². The highest BCUT2D eigenvalue weighted by atomic mass is 19.1. The van der Waals surface area contributed by atoms with Crippen LogP contribution in [-0.2, 0) is 37.8 Å². The average Bonchev–Trinajstić information content (AvgIpc) is 3.54. The molecular weight excluding hydrogens is 583 g/mol. The van der Waals surface area contributed by atoms with E-state index in [2.05, 4.69) is 21.6 Å². The Morgan fingerprint density at radius 1 is 1.07 bits per heavy atom. The van der Waals surface area contributed by atoms with Crippen LogP contribution in [0.2, 0.25) is 0 Å². The number of hydrogen-bond donors (Lipinski definition) is 0. The van der Waals surface area contributed by atoms with E-state index in [4.69, 9.17) is 4.74 Å². The number of pyridine rings is 1. The molecule has 2 amide bonds. The highest BCUT2D eigenvalue weighted by Gasteiger charge is 2.36. The zero-order valence-electron chi connectivity index (χ0n) is 27.5. The summed E-state index contributed by atoms with van der Waals surface area (Å²) in [4.78, 5) is 35.2. The van der Waals surface area contributed by atoms with Crippen molar-refractivity contribution in [3.05, 3.63) is 70.7 Å². The molecule has 46 heavy (non-hydrogen) atoms. The lowest BCUT2D eigenvalue weighted by Gasteiger charge is -2.34. The number of aromatic nitrogens is 4. The Labute approximate surface area is 269 Å². The molecule has 1 aromatic carbocycles. The van der Waals surface area contributed by atoms with E-state index in [1.54, 1.807) is 17.2 Å². The molecule has 0 bridgehead atoms. The van der Waals surface area contributed by atoms with Crippen molar-refractivity contribution in [2.45, 2.75) is 91.0 Å². The number of carbonyl (C=O) groups is 2. The van der Waals surface area contributed by atoms with Crippen molar-refractivity contribution >= 4 is 22.9 Å². The number of aryl methyl sites for hydroxylation is 2. The Morgan fingerprint density at radius 2 is 1.87 bits per heavy atom. The fourth-order valence-corrected chi connectivity index (χ4v) is 7.22. The molecule has 242 valence electrons. The van der Waals surface area contributed by atoms with E-state index >= 15 is 4.39 Å². The Morgan fingerprint density at radius 3 is 2.59 bits per heavy atom. The Bertz CT molecular complexity index is 1830. The molecule has 3 aliphatic rings. The van der Waals surface area contributed by atoms with Gasteiger partial charge in [0.2, 0.25) is 0 Å². The highest BCUT2D eigenvalue weighted by molar-refractivity contribution is 6.05. The van der Waals surface area contributed by atoms with Crippen LogP contribution in [-0.4, -0.2) is 59.8 Å². The maximum Gasteiger partial charge on any atom is 0.410 e. The molecule has 1 atom stereocenters. The molecule has 0 unspecified atom stereocenters. The predicted molar refractivity (Wildman–Crippen MR) is 174 cm³/mol. The second kappa shape index (κ2) is 11.5. The predicted octanol–water partition coefficient (Wildman–Crippen LogP) is 6.82. The number of rotatable bonds is 6. The number of nitrogens with zero attached hydrogens (tertiary/aromatic N) is 6. The van der Waals surface area contributed by atoms with Crippen LogP contribution in [0.3, 0.4) is 0 Å². The van der Waals surface area contributed by atoms with Crippen LogP contribution in [0, 0.1) is 11.7 Å². The number of piperidine rings is 1. The van der Waals surface area contributed by atoms with Gasteiger partial charge in [-0.05, 0) is 88.1 Å². The molecule has 3 aromatic heterocycles. The first-order valence-corrected chi connectivity index (χ1v) is 16.6. The van der Waals surface area contributed by atoms with Crippen molar-refractivity contribution in [2.75, 3.05) is 13.1 Å². The normalized spacial score (nSPS) is 18.3. The zero-order valence-corrected chi connectivity index (χ0v) is 27.5. The molecule has 0 radical (unpaired) electrons. The fourth-order valence-electron chi connectivity index (χ4n) is 7.22. The first-order valence-electron chi connectivity index (χ1n) is 16.6. The van der Waals surface area contributed by atoms with E-state index in [-0.39, 0.29) is 23.7 Å². The Kier molecular flexibility index (Phi) is 7.64. The van der Waals surface area contributed by atoms with E-state index in [0.29, 0.717) is 55.3 Å². The van der Waals surface area contributed by atoms with Gasteiger partial charge >= 0.3 is 6.09 Å². The van der Waals surface area contributed by atoms with Crippen LogP contribution in [0.15, 0.2) is 36.8 Å². The van der Waals surface area contributed by atoms with E-state index < -0.39 is 5.60 Å². The Balaban J connectivity index is 1.37. The third kappa shape index (κ3) is 5.56. The molecule has 4 aromatic rings. The summed E-state index contributed by atoms with van der Waals surface area (Å²) in [6.45, 7) is 10.3. The Hall–Kier alpha value is -4.21. The van der Waals surface area contributed by atoms with E-state index in [9.17, 15) is 9.59 Å². The third-order valence-corrected chi connectivity index (χ3v) is 9.69. The molecule has 0 N–H and O–H groups in total. The zero-order chi connectivity index (χ0) is 32.3. The summed E-state index contributed by atoms with van der Waals surface area (Å²) in [5, 5.41) is 4.80. The van der Waals surface area contributed by atoms with Gasteiger partial charge in [-0.3, -0.25) is 14.5 Å². The number of carbonyl (C=O) groups excluding carboxylic acids is 2. The molecule has 1 saturated carbocycles. The minimum Gasteiger partial charge on any atom is -0.444 e. The van der Waals surface area contributed by atoms with Gasteiger partial charge in [-0.25, -0.2) is 9.18 Å². The van der Waals surface area contributed by atoms with Gasteiger partial charge in [0.1, 0.15) is 5.60 Å². The van der Waals surface area contributed by atoms with Crippen LogP contribution in [0.1, 0.15) is 92.2 Å². The standard InChI is InChI=1S/C36H43FN6O3/c1-6-23-16-38-12-11-27(23)28-14-25(34(44)42-20-26-17-39-40(5)30(26)21-42)15-29-31(37)32(43(33(28)29)18-22-9-10-22)24-8-7-13-41(19-24)35(45)46-36(2,3)4/h11-12,14-17,22,24H,6-10,13,18-21H2,1-5H3/t24-/m1/s1. The van der Waals surface area contributed by atoms with Gasteiger partial charge < -0.3 is 19.1 Å². The van der Waals surface area contributed by atoms with Gasteiger partial charge in [0, 0.05) is 73.6 Å². The maximum atomic E-state index is 17.2. The minimum absolute atomic E-state index is 0.129. The van der Waals surface area contributed by atoms with E-state index in [0.717, 1.165) is 65.6 Å². The summed E-state index contributed by atoms with van der Waals surface area (Å²) in [5.41, 5.74) is 6.23. The molecule has 0 spiro atoms. The lowest BCUT2D eigenvalue weighted by atomic mass is 9.94. The summed E-state index contributed by atoms with van der Waals surface area (Å²) < 4.78 is 26.9. The molecule has 2 aliphatic heterocycles. The van der Waals surface area contributed by atoms with Crippen molar-refractivity contribution in [1.29, 1.82) is 0 Å². The second-order valence-electron chi connectivity index (χ2n) is 14.2. The monoisotopic (exact) mass is 626 g/mol. The average molecular weight is 627 g/mol. The van der Waals surface area contributed by atoms with Gasteiger partial charge in [0.05, 0.1) is 29.6 Å². The van der Waals surface area contributed by atoms with E-state index in [1.165, 1.54) is 0 Å². The van der Waals surface area contributed by atoms with Crippen LogP contribution in [0.25, 0.3) is 22.0 Å². The number of likely N-dealkylation sites (tertiary alicyclic amines) is 1. The first-order chi connectivity index (χ1) is 22.0. The SMILES string of the molecule is CCc1cnccc1-c1cc(C(=O)N2Cc3cnn(C)c3C2)cc2c(F)c([C@@H]3CCCN(C(=O)OC(C)(C)C)C3)n(CC3CC3)c12. The lowest BCUT2D eigenvalue weighted by Crippen LogP contribution is -2.42. The number of fused-ring (bicyclic) bond motifs is 2. The van der Waals surface area contributed by atoms with Gasteiger partial charge in [-0.2, -0.15) is 5.10 Å². The number of benzene rings is 1. The van der Waals surface area contributed by atoms with Crippen LogP contribution < -0.4 is 0 Å². The fraction of sp³-hybridized carbons (Fsp3) is 0.500. The van der Waals surface area contributed by atoms with Gasteiger partial charge in [-0.15, -0.1) is 0 Å². The molecule has 2 fully saturated rings. The van der Waals surface area contributed by atoms with Crippen LogP contribution in [0.4, 0.5) is 9.18 Å². The quantitative estimate of drug-likeness (QED) is 0.235. The van der Waals surface area contributed by atoms with Crippen molar-refractivity contribution in [3.63, 3.8) is 0 Å². The molecule has 1 aliphatic carbocycles. The summed E-state index contributed by atoms with van der Waals surface area (Å²) >= 11 is 0. The summed E-state index contributed by atoms with van der Waals surface area (Å²) in [7, 11) is 1.89. The topological polar surface area (TPSA) is 85.5 Å². The van der Waals surface area contributed by atoms with Crippen molar-refractivity contribution in [2.24, 2.45) is 13.0 Å². The third-order valence-electron chi connectivity index (χ3n) is 9.69. The largest absolute Gasteiger partial charge is 0.444 e. The van der Waals surface area contributed by atoms with Crippen molar-refractivity contribution in [1.82, 2.24) is 29.1 Å². The van der Waals surface area contributed by atoms with E-state index in [1.807, 2.05) is 61.9 Å². The summed E-state index contributed by atoms with van der Waals surface area (Å²) in [5.74, 6) is -0.129. The molecule has 10 heteroatoms. The number of hydrogen-bond acceptors (Lipinski definition) is 5. The molecule has 9 nitrogen and oxygen atoms in total. The van der Waals surface area contributed by atoms with Gasteiger partial charge in [-0.1, -0.05) is 6.92 Å². The second-order valence-corrected chi connectivity index (χ2v) is 14.2. The molecular formula is C36H43FN6O3. The summed E-state index contributed by atoms with van der Waals surface area (Å²) in [6.07, 6.45) is 9.60. The van der Waals surface area contributed by atoms with Gasteiger partial charge in [0.15, 0.2) is 5.82 Å². The lowest BCUT2D eigenvalue weighted by molar-refractivity contribution is 0.0195. The molecule has 7 rings (SSSR count). The summed E-state index contributed by atoms with van der Waals surface area (Å²) in [6, 6.07) is 5.70. The number of amides is 2. The molecule has 5 heterocycles. The minimum atomic E-state index is -0.608. The van der Waals surface area contributed by atoms with Crippen molar-refractivity contribution < 1.29 is 18.7 Å².